The van der Waals surface area contributed by atoms with Crippen LogP contribution in [0.2, 0.25) is 0 Å². The molecule has 4 rings (SSSR count). The fourth-order valence-electron chi connectivity index (χ4n) is 2.79. The minimum atomic E-state index is 0.0191. The van der Waals surface area contributed by atoms with Crippen molar-refractivity contribution in [2.45, 2.75) is 31.9 Å². The van der Waals surface area contributed by atoms with Crippen LogP contribution in [0.25, 0.3) is 5.65 Å². The molecule has 6 heteroatoms. The van der Waals surface area contributed by atoms with Crippen molar-refractivity contribution in [2.75, 3.05) is 5.32 Å². The Bertz CT molecular complexity index is 857. The molecule has 0 unspecified atom stereocenters. The Labute approximate surface area is 142 Å². The van der Waals surface area contributed by atoms with Gasteiger partial charge in [0.25, 0.3) is 0 Å². The SMILES string of the molecule is OCc1cc(C2CC2)cn2cc(CNc3ccnc(Br)c3)nc12. The Morgan fingerprint density at radius 2 is 2.17 bits per heavy atom. The van der Waals surface area contributed by atoms with Crippen molar-refractivity contribution >= 4 is 27.3 Å². The van der Waals surface area contributed by atoms with E-state index in [0.29, 0.717) is 12.5 Å². The average Bonchev–Trinajstić information content (AvgIpc) is 3.32. The molecule has 1 aliphatic rings. The predicted molar refractivity (Wildman–Crippen MR) is 92.4 cm³/mol. The van der Waals surface area contributed by atoms with Gasteiger partial charge in [0.15, 0.2) is 0 Å². The molecule has 3 aromatic heterocycles. The molecule has 0 bridgehead atoms. The van der Waals surface area contributed by atoms with E-state index in [0.717, 1.165) is 27.2 Å². The van der Waals surface area contributed by atoms with Gasteiger partial charge in [0.05, 0.1) is 18.8 Å². The third-order valence-corrected chi connectivity index (χ3v) is 4.55. The summed E-state index contributed by atoms with van der Waals surface area (Å²) in [6, 6.07) is 5.95. The van der Waals surface area contributed by atoms with Gasteiger partial charge in [-0.05, 0) is 58.5 Å². The van der Waals surface area contributed by atoms with Gasteiger partial charge in [-0.25, -0.2) is 9.97 Å². The van der Waals surface area contributed by atoms with Crippen LogP contribution < -0.4 is 5.32 Å². The highest BCUT2D eigenvalue weighted by atomic mass is 79.9. The van der Waals surface area contributed by atoms with Gasteiger partial charge in [0, 0.05) is 29.8 Å². The lowest BCUT2D eigenvalue weighted by molar-refractivity contribution is 0.282. The molecule has 0 amide bonds. The zero-order valence-corrected chi connectivity index (χ0v) is 14.1. The molecule has 0 spiro atoms. The van der Waals surface area contributed by atoms with Crippen molar-refractivity contribution in [2.24, 2.45) is 0 Å². The van der Waals surface area contributed by atoms with Crippen molar-refractivity contribution < 1.29 is 5.11 Å². The second-order valence-electron chi connectivity index (χ2n) is 5.91. The number of hydrogen-bond acceptors (Lipinski definition) is 4. The molecule has 0 atom stereocenters. The van der Waals surface area contributed by atoms with Crippen LogP contribution in [0, 0.1) is 0 Å². The van der Waals surface area contributed by atoms with Crippen LogP contribution in [0.5, 0.6) is 0 Å². The van der Waals surface area contributed by atoms with Gasteiger partial charge in [0.1, 0.15) is 10.3 Å². The highest BCUT2D eigenvalue weighted by Gasteiger charge is 2.24. The molecule has 0 aliphatic heterocycles. The van der Waals surface area contributed by atoms with E-state index in [1.807, 2.05) is 22.7 Å². The summed E-state index contributed by atoms with van der Waals surface area (Å²) in [6.45, 7) is 0.646. The standard InChI is InChI=1S/C17H17BrN4O/c18-16-6-14(3-4-19-16)20-7-15-9-22-8-12(11-1-2-11)5-13(10-23)17(22)21-15/h3-6,8-9,11,23H,1-2,7,10H2,(H,19,20). The molecule has 3 heterocycles. The van der Waals surface area contributed by atoms with Crippen LogP contribution in [0.15, 0.2) is 41.4 Å². The third-order valence-electron chi connectivity index (χ3n) is 4.12. The molecule has 1 aliphatic carbocycles. The quantitative estimate of drug-likeness (QED) is 0.673. The number of aliphatic hydroxyl groups is 1. The molecular formula is C17H17BrN4O. The summed E-state index contributed by atoms with van der Waals surface area (Å²) in [5.41, 5.74) is 4.97. The van der Waals surface area contributed by atoms with Crippen molar-refractivity contribution in [3.8, 4) is 0 Å². The predicted octanol–water partition coefficient (Wildman–Crippen LogP) is 3.47. The molecule has 118 valence electrons. The van der Waals surface area contributed by atoms with E-state index in [-0.39, 0.29) is 6.61 Å². The van der Waals surface area contributed by atoms with Crippen LogP contribution in [-0.4, -0.2) is 19.5 Å². The van der Waals surface area contributed by atoms with E-state index >= 15 is 0 Å². The number of fused-ring (bicyclic) bond motifs is 1. The maximum atomic E-state index is 9.63. The smallest absolute Gasteiger partial charge is 0.142 e. The number of pyridine rings is 2. The van der Waals surface area contributed by atoms with E-state index < -0.39 is 0 Å². The lowest BCUT2D eigenvalue weighted by atomic mass is 10.1. The Kier molecular flexibility index (Phi) is 3.79. The molecule has 5 nitrogen and oxygen atoms in total. The zero-order chi connectivity index (χ0) is 15.8. The number of aliphatic hydroxyl groups excluding tert-OH is 1. The van der Waals surface area contributed by atoms with Gasteiger partial charge in [-0.3, -0.25) is 0 Å². The summed E-state index contributed by atoms with van der Waals surface area (Å²) >= 11 is 3.36. The summed E-state index contributed by atoms with van der Waals surface area (Å²) in [6.07, 6.45) is 8.42. The van der Waals surface area contributed by atoms with Crippen molar-refractivity contribution in [3.05, 3.63) is 58.2 Å². The largest absolute Gasteiger partial charge is 0.392 e. The van der Waals surface area contributed by atoms with Crippen LogP contribution in [-0.2, 0) is 13.2 Å². The van der Waals surface area contributed by atoms with E-state index in [1.165, 1.54) is 18.4 Å². The van der Waals surface area contributed by atoms with Gasteiger partial charge in [-0.1, -0.05) is 0 Å². The number of anilines is 1. The monoisotopic (exact) mass is 372 g/mol. The number of imidazole rings is 1. The van der Waals surface area contributed by atoms with Crippen LogP contribution in [0.1, 0.15) is 35.6 Å². The normalized spacial score (nSPS) is 14.3. The molecule has 0 aromatic carbocycles. The van der Waals surface area contributed by atoms with Gasteiger partial charge >= 0.3 is 0 Å². The lowest BCUT2D eigenvalue weighted by Crippen LogP contribution is -1.99. The number of nitrogens with one attached hydrogen (secondary N) is 1. The van der Waals surface area contributed by atoms with Crippen molar-refractivity contribution in [3.63, 3.8) is 0 Å². The Hall–Kier alpha value is -1.92. The number of hydrogen-bond donors (Lipinski definition) is 2. The molecular weight excluding hydrogens is 356 g/mol. The topological polar surface area (TPSA) is 62.5 Å². The summed E-state index contributed by atoms with van der Waals surface area (Å²) in [4.78, 5) is 8.77. The van der Waals surface area contributed by atoms with Gasteiger partial charge in [-0.15, -0.1) is 0 Å². The fourth-order valence-corrected chi connectivity index (χ4v) is 3.16. The number of rotatable bonds is 5. The molecule has 2 N–H and O–H groups in total. The second-order valence-corrected chi connectivity index (χ2v) is 6.73. The summed E-state index contributed by atoms with van der Waals surface area (Å²) < 4.78 is 2.84. The van der Waals surface area contributed by atoms with Crippen LogP contribution in [0.3, 0.4) is 0 Å². The Morgan fingerprint density at radius 1 is 1.30 bits per heavy atom. The van der Waals surface area contributed by atoms with Gasteiger partial charge in [0.2, 0.25) is 0 Å². The fraction of sp³-hybridized carbons (Fsp3) is 0.294. The maximum Gasteiger partial charge on any atom is 0.142 e. The first-order valence-electron chi connectivity index (χ1n) is 7.69. The van der Waals surface area contributed by atoms with Gasteiger partial charge in [-0.2, -0.15) is 0 Å². The molecule has 23 heavy (non-hydrogen) atoms. The maximum absolute atomic E-state index is 9.63. The lowest BCUT2D eigenvalue weighted by Gasteiger charge is -2.04. The zero-order valence-electron chi connectivity index (χ0n) is 12.5. The summed E-state index contributed by atoms with van der Waals surface area (Å²) in [5.74, 6) is 0.655. The Morgan fingerprint density at radius 3 is 2.91 bits per heavy atom. The summed E-state index contributed by atoms with van der Waals surface area (Å²) in [7, 11) is 0. The van der Waals surface area contributed by atoms with Crippen molar-refractivity contribution in [1.82, 2.24) is 14.4 Å². The number of aromatic nitrogens is 3. The molecule has 0 radical (unpaired) electrons. The minimum absolute atomic E-state index is 0.0191. The summed E-state index contributed by atoms with van der Waals surface area (Å²) in [5, 5.41) is 13.0. The minimum Gasteiger partial charge on any atom is -0.392 e. The Balaban J connectivity index is 1.60. The van der Waals surface area contributed by atoms with E-state index in [1.54, 1.807) is 6.20 Å². The number of halogens is 1. The second kappa shape index (κ2) is 5.94. The average molecular weight is 373 g/mol. The van der Waals surface area contributed by atoms with E-state index in [9.17, 15) is 5.11 Å². The highest BCUT2D eigenvalue weighted by Crippen LogP contribution is 2.40. The van der Waals surface area contributed by atoms with Gasteiger partial charge < -0.3 is 14.8 Å². The van der Waals surface area contributed by atoms with E-state index in [4.69, 9.17) is 0 Å². The number of nitrogens with zero attached hydrogens (tertiary/aromatic N) is 3. The first-order valence-corrected chi connectivity index (χ1v) is 8.49. The highest BCUT2D eigenvalue weighted by molar-refractivity contribution is 9.10. The molecule has 0 saturated heterocycles. The van der Waals surface area contributed by atoms with Crippen LogP contribution in [0.4, 0.5) is 5.69 Å². The third kappa shape index (κ3) is 3.09. The molecule has 1 fully saturated rings. The first-order chi connectivity index (χ1) is 11.2. The van der Waals surface area contributed by atoms with Crippen LogP contribution >= 0.6 is 15.9 Å². The first kappa shape index (κ1) is 14.7. The molecule has 1 saturated carbocycles. The van der Waals surface area contributed by atoms with Crippen molar-refractivity contribution in [1.29, 1.82) is 0 Å². The van der Waals surface area contributed by atoms with E-state index in [2.05, 4.69) is 43.5 Å². The molecule has 3 aromatic rings.